The van der Waals surface area contributed by atoms with Crippen LogP contribution < -0.4 is 10.2 Å². The molecule has 32 heavy (non-hydrogen) atoms. The van der Waals surface area contributed by atoms with E-state index in [0.717, 1.165) is 66.3 Å². The summed E-state index contributed by atoms with van der Waals surface area (Å²) in [7, 11) is 0. The van der Waals surface area contributed by atoms with Crippen molar-refractivity contribution in [2.45, 2.75) is 65.8 Å². The molecule has 1 N–H and O–H groups in total. The maximum atomic E-state index is 12.5. The van der Waals surface area contributed by atoms with Gasteiger partial charge in [0.05, 0.1) is 5.69 Å². The molecule has 1 amide bonds. The van der Waals surface area contributed by atoms with Gasteiger partial charge in [0, 0.05) is 54.3 Å². The van der Waals surface area contributed by atoms with Crippen molar-refractivity contribution in [1.29, 1.82) is 0 Å². The van der Waals surface area contributed by atoms with Gasteiger partial charge in [-0.05, 0) is 54.2 Å². The largest absolute Gasteiger partial charge is 0.371 e. The Morgan fingerprint density at radius 1 is 1.16 bits per heavy atom. The standard InChI is InChI=1S/C27H34ClN3O/c1-4-11-27(2,3)26(32)29-18-19-7-10-24(28)21(14-19)16-22-15-20-8-9-23(17-25(20)30-22)31-12-5-6-13-31/h7-10,14,17H,4-6,11-13,15-16,18H2,1-3H3,(H,29,32). The third-order valence-electron chi connectivity index (χ3n) is 6.66. The number of aliphatic imine (C=N–C) groups is 1. The molecule has 5 heteroatoms. The Hall–Kier alpha value is -2.33. The zero-order valence-corrected chi connectivity index (χ0v) is 20.3. The van der Waals surface area contributed by atoms with Crippen LogP contribution in [0.2, 0.25) is 5.02 Å². The molecular weight excluding hydrogens is 418 g/mol. The monoisotopic (exact) mass is 451 g/mol. The van der Waals surface area contributed by atoms with Gasteiger partial charge in [-0.3, -0.25) is 9.79 Å². The molecule has 2 aromatic rings. The lowest BCUT2D eigenvalue weighted by atomic mass is 9.87. The van der Waals surface area contributed by atoms with E-state index in [2.05, 4.69) is 41.4 Å². The molecule has 2 aromatic carbocycles. The van der Waals surface area contributed by atoms with Gasteiger partial charge in [0.25, 0.3) is 0 Å². The van der Waals surface area contributed by atoms with Crippen molar-refractivity contribution in [2.75, 3.05) is 18.0 Å². The van der Waals surface area contributed by atoms with Crippen molar-refractivity contribution in [3.8, 4) is 0 Å². The lowest BCUT2D eigenvalue weighted by molar-refractivity contribution is -0.129. The van der Waals surface area contributed by atoms with Gasteiger partial charge < -0.3 is 10.2 Å². The van der Waals surface area contributed by atoms with Crippen LogP contribution in [0.4, 0.5) is 11.4 Å². The van der Waals surface area contributed by atoms with Crippen molar-refractivity contribution in [3.63, 3.8) is 0 Å². The van der Waals surface area contributed by atoms with Crippen LogP contribution in [0.15, 0.2) is 41.4 Å². The van der Waals surface area contributed by atoms with E-state index in [0.29, 0.717) is 6.54 Å². The van der Waals surface area contributed by atoms with E-state index in [9.17, 15) is 4.79 Å². The first-order valence-electron chi connectivity index (χ1n) is 11.9. The summed E-state index contributed by atoms with van der Waals surface area (Å²) in [6.07, 6.45) is 6.03. The quantitative estimate of drug-likeness (QED) is 0.515. The molecule has 0 spiro atoms. The number of benzene rings is 2. The molecule has 1 saturated heterocycles. The molecule has 0 radical (unpaired) electrons. The van der Waals surface area contributed by atoms with Gasteiger partial charge in [0.2, 0.25) is 5.91 Å². The Bertz CT molecular complexity index is 1020. The summed E-state index contributed by atoms with van der Waals surface area (Å²) < 4.78 is 0. The number of rotatable bonds is 8. The van der Waals surface area contributed by atoms with E-state index < -0.39 is 0 Å². The average molecular weight is 452 g/mol. The molecule has 0 atom stereocenters. The second kappa shape index (κ2) is 9.66. The first-order valence-corrected chi connectivity index (χ1v) is 12.2. The van der Waals surface area contributed by atoms with Gasteiger partial charge in [-0.1, -0.05) is 57.0 Å². The number of hydrogen-bond donors (Lipinski definition) is 1. The van der Waals surface area contributed by atoms with Gasteiger partial charge >= 0.3 is 0 Å². The number of hydrogen-bond acceptors (Lipinski definition) is 3. The van der Waals surface area contributed by atoms with E-state index >= 15 is 0 Å². The Kier molecular flexibility index (Phi) is 6.90. The highest BCUT2D eigenvalue weighted by Crippen LogP contribution is 2.34. The minimum atomic E-state index is -0.345. The minimum absolute atomic E-state index is 0.0975. The molecule has 2 aliphatic rings. The van der Waals surface area contributed by atoms with E-state index in [1.54, 1.807) is 0 Å². The zero-order chi connectivity index (χ0) is 22.7. The lowest BCUT2D eigenvalue weighted by Crippen LogP contribution is -2.36. The van der Waals surface area contributed by atoms with E-state index in [1.165, 1.54) is 24.1 Å². The van der Waals surface area contributed by atoms with Crippen LogP contribution in [0.25, 0.3) is 0 Å². The predicted octanol–water partition coefficient (Wildman–Crippen LogP) is 6.25. The maximum Gasteiger partial charge on any atom is 0.225 e. The van der Waals surface area contributed by atoms with Crippen molar-refractivity contribution in [3.05, 3.63) is 58.1 Å². The molecule has 170 valence electrons. The molecule has 1 fully saturated rings. The molecule has 0 aromatic heterocycles. The number of nitrogens with zero attached hydrogens (tertiary/aromatic N) is 2. The normalized spacial score (nSPS) is 15.6. The van der Waals surface area contributed by atoms with Crippen LogP contribution in [0.3, 0.4) is 0 Å². The highest BCUT2D eigenvalue weighted by atomic mass is 35.5. The number of halogens is 1. The summed E-state index contributed by atoms with van der Waals surface area (Å²) in [5, 5.41) is 3.85. The first kappa shape index (κ1) is 22.8. The summed E-state index contributed by atoms with van der Waals surface area (Å²) in [5.41, 5.74) is 6.61. The Morgan fingerprint density at radius 3 is 2.69 bits per heavy atom. The summed E-state index contributed by atoms with van der Waals surface area (Å²) in [6, 6.07) is 12.7. The SMILES string of the molecule is CCCC(C)(C)C(=O)NCc1ccc(Cl)c(CC2=Nc3cc(N4CCCC4)ccc3C2)c1. The minimum Gasteiger partial charge on any atom is -0.371 e. The van der Waals surface area contributed by atoms with E-state index in [-0.39, 0.29) is 11.3 Å². The number of anilines is 1. The highest BCUT2D eigenvalue weighted by molar-refractivity contribution is 6.31. The topological polar surface area (TPSA) is 44.7 Å². The van der Waals surface area contributed by atoms with Crippen molar-refractivity contribution >= 4 is 34.6 Å². The highest BCUT2D eigenvalue weighted by Gasteiger charge is 2.26. The van der Waals surface area contributed by atoms with Crippen molar-refractivity contribution in [2.24, 2.45) is 10.4 Å². The smallest absolute Gasteiger partial charge is 0.225 e. The fourth-order valence-electron chi connectivity index (χ4n) is 4.76. The van der Waals surface area contributed by atoms with Crippen LogP contribution >= 0.6 is 11.6 Å². The Balaban J connectivity index is 1.42. The van der Waals surface area contributed by atoms with Crippen LogP contribution in [0.5, 0.6) is 0 Å². The van der Waals surface area contributed by atoms with E-state index in [4.69, 9.17) is 16.6 Å². The average Bonchev–Trinajstić information content (AvgIpc) is 3.43. The van der Waals surface area contributed by atoms with Crippen LogP contribution in [0.1, 0.15) is 63.1 Å². The fraction of sp³-hybridized carbons (Fsp3) is 0.481. The molecule has 4 rings (SSSR count). The fourth-order valence-corrected chi connectivity index (χ4v) is 4.95. The summed E-state index contributed by atoms with van der Waals surface area (Å²) >= 11 is 6.52. The molecule has 0 bridgehead atoms. The number of fused-ring (bicyclic) bond motifs is 1. The molecular formula is C27H34ClN3O. The molecule has 0 unspecified atom stereocenters. The van der Waals surface area contributed by atoms with E-state index in [1.807, 2.05) is 26.0 Å². The number of carbonyl (C=O) groups excluding carboxylic acids is 1. The molecule has 0 saturated carbocycles. The zero-order valence-electron chi connectivity index (χ0n) is 19.5. The first-order chi connectivity index (χ1) is 15.4. The van der Waals surface area contributed by atoms with Crippen LogP contribution in [-0.2, 0) is 24.2 Å². The maximum absolute atomic E-state index is 12.5. The van der Waals surface area contributed by atoms with Crippen LogP contribution in [0, 0.1) is 5.41 Å². The predicted molar refractivity (Wildman–Crippen MR) is 134 cm³/mol. The van der Waals surface area contributed by atoms with Gasteiger partial charge in [0.15, 0.2) is 0 Å². The van der Waals surface area contributed by atoms with Crippen LogP contribution in [-0.4, -0.2) is 24.7 Å². The second-order valence-corrected chi connectivity index (χ2v) is 10.2. The van der Waals surface area contributed by atoms with Gasteiger partial charge in [-0.25, -0.2) is 0 Å². The van der Waals surface area contributed by atoms with Gasteiger partial charge in [-0.2, -0.15) is 0 Å². The van der Waals surface area contributed by atoms with Crippen molar-refractivity contribution in [1.82, 2.24) is 5.32 Å². The Morgan fingerprint density at radius 2 is 1.94 bits per heavy atom. The lowest BCUT2D eigenvalue weighted by Gasteiger charge is -2.23. The number of amides is 1. The molecule has 2 heterocycles. The number of carbonyl (C=O) groups is 1. The van der Waals surface area contributed by atoms with Crippen molar-refractivity contribution < 1.29 is 4.79 Å². The third-order valence-corrected chi connectivity index (χ3v) is 7.03. The molecule has 2 aliphatic heterocycles. The third kappa shape index (κ3) is 5.17. The summed E-state index contributed by atoms with van der Waals surface area (Å²) in [4.78, 5) is 19.9. The number of nitrogens with one attached hydrogen (secondary N) is 1. The summed E-state index contributed by atoms with van der Waals surface area (Å²) in [6.45, 7) is 8.92. The molecule has 0 aliphatic carbocycles. The Labute approximate surface area is 197 Å². The summed E-state index contributed by atoms with van der Waals surface area (Å²) in [5.74, 6) is 0.0975. The second-order valence-electron chi connectivity index (χ2n) is 9.78. The molecule has 4 nitrogen and oxygen atoms in total. The van der Waals surface area contributed by atoms with Gasteiger partial charge in [0.1, 0.15) is 0 Å². The van der Waals surface area contributed by atoms with Gasteiger partial charge in [-0.15, -0.1) is 0 Å².